The van der Waals surface area contributed by atoms with Gasteiger partial charge in [-0.3, -0.25) is 0 Å². The van der Waals surface area contributed by atoms with Gasteiger partial charge in [-0.1, -0.05) is 49.7 Å². The molecule has 0 aliphatic rings. The highest BCUT2D eigenvalue weighted by Gasteiger charge is 2.43. The van der Waals surface area contributed by atoms with Crippen LogP contribution in [0.2, 0.25) is 0 Å². The van der Waals surface area contributed by atoms with Gasteiger partial charge in [0.25, 0.3) is 0 Å². The van der Waals surface area contributed by atoms with Crippen molar-refractivity contribution < 1.29 is 30.6 Å². The van der Waals surface area contributed by atoms with E-state index in [0.717, 1.165) is 0 Å². The van der Waals surface area contributed by atoms with Gasteiger partial charge >= 0.3 is 0 Å². The SMILES string of the molecule is CCCC(c1cccc(O)c1O)(c1cccc(O)c1O)c1cccc(O)c1O. The minimum Gasteiger partial charge on any atom is -0.504 e. The van der Waals surface area contributed by atoms with Crippen LogP contribution in [0.25, 0.3) is 0 Å². The van der Waals surface area contributed by atoms with Gasteiger partial charge in [0.2, 0.25) is 0 Å². The van der Waals surface area contributed by atoms with Gasteiger partial charge in [-0.25, -0.2) is 0 Å². The maximum atomic E-state index is 10.7. The second-order valence-electron chi connectivity index (χ2n) is 6.68. The molecule has 0 heterocycles. The maximum absolute atomic E-state index is 10.7. The van der Waals surface area contributed by atoms with Gasteiger partial charge in [-0.2, -0.15) is 0 Å². The molecule has 3 aromatic carbocycles. The predicted molar refractivity (Wildman–Crippen MR) is 104 cm³/mol. The predicted octanol–water partition coefficient (Wildman–Crippen LogP) is 4.05. The first-order valence-corrected chi connectivity index (χ1v) is 8.88. The van der Waals surface area contributed by atoms with E-state index in [0.29, 0.717) is 6.42 Å². The second kappa shape index (κ2) is 7.23. The van der Waals surface area contributed by atoms with E-state index in [1.54, 1.807) is 18.2 Å². The molecule has 0 radical (unpaired) electrons. The molecule has 0 aliphatic carbocycles. The molecule has 0 bridgehead atoms. The zero-order valence-corrected chi connectivity index (χ0v) is 15.3. The Morgan fingerprint density at radius 1 is 0.571 bits per heavy atom. The summed E-state index contributed by atoms with van der Waals surface area (Å²) in [4.78, 5) is 0. The Kier molecular flexibility index (Phi) is 4.96. The fourth-order valence-corrected chi connectivity index (χ4v) is 3.84. The molecule has 0 unspecified atom stereocenters. The van der Waals surface area contributed by atoms with Gasteiger partial charge in [0.05, 0.1) is 5.41 Å². The molecular weight excluding hydrogens is 360 g/mol. The fraction of sp³-hybridized carbons (Fsp3) is 0.182. The van der Waals surface area contributed by atoms with Crippen LogP contribution < -0.4 is 0 Å². The number of rotatable bonds is 5. The van der Waals surface area contributed by atoms with Crippen LogP contribution in [0.1, 0.15) is 36.5 Å². The zero-order chi connectivity index (χ0) is 20.5. The van der Waals surface area contributed by atoms with Crippen molar-refractivity contribution in [2.24, 2.45) is 0 Å². The van der Waals surface area contributed by atoms with E-state index < -0.39 is 22.7 Å². The van der Waals surface area contributed by atoms with Gasteiger partial charge in [-0.05, 0) is 24.6 Å². The van der Waals surface area contributed by atoms with E-state index in [9.17, 15) is 30.6 Å². The van der Waals surface area contributed by atoms with Crippen molar-refractivity contribution in [3.8, 4) is 34.5 Å². The molecule has 3 aromatic rings. The van der Waals surface area contributed by atoms with E-state index in [2.05, 4.69) is 0 Å². The zero-order valence-electron chi connectivity index (χ0n) is 15.3. The highest BCUT2D eigenvalue weighted by atomic mass is 16.3. The van der Waals surface area contributed by atoms with Gasteiger partial charge in [0, 0.05) is 16.7 Å². The fourth-order valence-electron chi connectivity index (χ4n) is 3.84. The minimum atomic E-state index is -1.36. The van der Waals surface area contributed by atoms with E-state index in [4.69, 9.17) is 0 Å². The van der Waals surface area contributed by atoms with Gasteiger partial charge in [0.15, 0.2) is 34.5 Å². The van der Waals surface area contributed by atoms with Crippen molar-refractivity contribution in [3.63, 3.8) is 0 Å². The topological polar surface area (TPSA) is 121 Å². The van der Waals surface area contributed by atoms with Crippen LogP contribution in [-0.4, -0.2) is 30.6 Å². The summed E-state index contributed by atoms with van der Waals surface area (Å²) < 4.78 is 0. The first kappa shape index (κ1) is 19.2. The van der Waals surface area contributed by atoms with Crippen molar-refractivity contribution >= 4 is 0 Å². The molecule has 0 saturated heterocycles. The van der Waals surface area contributed by atoms with Crippen molar-refractivity contribution in [2.75, 3.05) is 0 Å². The van der Waals surface area contributed by atoms with E-state index in [1.165, 1.54) is 36.4 Å². The smallest absolute Gasteiger partial charge is 0.161 e. The molecule has 0 amide bonds. The maximum Gasteiger partial charge on any atom is 0.161 e. The lowest BCUT2D eigenvalue weighted by molar-refractivity contribution is 0.363. The third kappa shape index (κ3) is 2.83. The summed E-state index contributed by atoms with van der Waals surface area (Å²) in [5.41, 5.74) is -0.702. The third-order valence-corrected chi connectivity index (χ3v) is 5.05. The highest BCUT2D eigenvalue weighted by molar-refractivity contribution is 5.66. The average molecular weight is 382 g/mol. The first-order chi connectivity index (χ1) is 13.3. The summed E-state index contributed by atoms with van der Waals surface area (Å²) >= 11 is 0. The molecule has 0 atom stereocenters. The second-order valence-corrected chi connectivity index (χ2v) is 6.68. The number of phenolic OH excluding ortho intramolecular Hbond substituents is 6. The summed E-state index contributed by atoms with van der Waals surface area (Å²) in [6, 6.07) is 13.3. The van der Waals surface area contributed by atoms with E-state index >= 15 is 0 Å². The third-order valence-electron chi connectivity index (χ3n) is 5.05. The van der Waals surface area contributed by atoms with Crippen LogP contribution in [0.5, 0.6) is 34.5 Å². The molecule has 6 nitrogen and oxygen atoms in total. The van der Waals surface area contributed by atoms with E-state index in [1.807, 2.05) is 6.92 Å². The van der Waals surface area contributed by atoms with Crippen LogP contribution in [-0.2, 0) is 5.41 Å². The van der Waals surface area contributed by atoms with Gasteiger partial charge < -0.3 is 30.6 Å². The Labute approximate surface area is 162 Å². The minimum absolute atomic E-state index is 0.219. The summed E-state index contributed by atoms with van der Waals surface area (Å²) in [6.07, 6.45) is 0.845. The molecule has 28 heavy (non-hydrogen) atoms. The number of hydrogen-bond acceptors (Lipinski definition) is 6. The molecule has 0 aliphatic heterocycles. The number of phenols is 6. The van der Waals surface area contributed by atoms with Crippen molar-refractivity contribution in [1.29, 1.82) is 0 Å². The molecule has 0 fully saturated rings. The Morgan fingerprint density at radius 2 is 0.893 bits per heavy atom. The normalized spacial score (nSPS) is 11.5. The number of aromatic hydroxyl groups is 6. The lowest BCUT2D eigenvalue weighted by Gasteiger charge is -2.37. The molecule has 146 valence electrons. The van der Waals surface area contributed by atoms with Crippen LogP contribution >= 0.6 is 0 Å². The standard InChI is InChI=1S/C22H22O6/c1-2-12-22(13-6-3-9-16(23)19(13)26,14-7-4-10-17(24)20(14)27)15-8-5-11-18(25)21(15)28/h3-11,23-28H,2,12H2,1H3. The summed E-state index contributed by atoms with van der Waals surface area (Å²) in [7, 11) is 0. The molecule has 0 aromatic heterocycles. The molecular formula is C22H22O6. The number of hydrogen-bond donors (Lipinski definition) is 6. The number of benzene rings is 3. The summed E-state index contributed by atoms with van der Waals surface area (Å²) in [5, 5.41) is 62.3. The van der Waals surface area contributed by atoms with Crippen LogP contribution in [0.15, 0.2) is 54.6 Å². The van der Waals surface area contributed by atoms with Crippen LogP contribution in [0.4, 0.5) is 0 Å². The first-order valence-electron chi connectivity index (χ1n) is 8.88. The van der Waals surface area contributed by atoms with E-state index in [-0.39, 0.29) is 40.4 Å². The molecule has 6 N–H and O–H groups in total. The van der Waals surface area contributed by atoms with Gasteiger partial charge in [-0.15, -0.1) is 0 Å². The molecule has 6 heteroatoms. The quantitative estimate of drug-likeness (QED) is 0.292. The van der Waals surface area contributed by atoms with Crippen molar-refractivity contribution in [1.82, 2.24) is 0 Å². The van der Waals surface area contributed by atoms with Crippen LogP contribution in [0, 0.1) is 0 Å². The number of para-hydroxylation sites is 3. The lowest BCUT2D eigenvalue weighted by Crippen LogP contribution is -2.30. The van der Waals surface area contributed by atoms with Gasteiger partial charge in [0.1, 0.15) is 0 Å². The summed E-state index contributed by atoms with van der Waals surface area (Å²) in [6.45, 7) is 1.88. The highest BCUT2D eigenvalue weighted by Crippen LogP contribution is 2.55. The average Bonchev–Trinajstić information content (AvgIpc) is 2.67. The molecule has 3 rings (SSSR count). The summed E-state index contributed by atoms with van der Waals surface area (Å²) in [5.74, 6) is -2.34. The van der Waals surface area contributed by atoms with Crippen molar-refractivity contribution in [2.45, 2.75) is 25.2 Å². The lowest BCUT2D eigenvalue weighted by atomic mass is 9.65. The van der Waals surface area contributed by atoms with Crippen LogP contribution in [0.3, 0.4) is 0 Å². The van der Waals surface area contributed by atoms with Crippen molar-refractivity contribution in [3.05, 3.63) is 71.3 Å². The molecule has 0 spiro atoms. The molecule has 0 saturated carbocycles. The Morgan fingerprint density at radius 3 is 1.18 bits per heavy atom. The Hall–Kier alpha value is -3.54. The monoisotopic (exact) mass is 382 g/mol. The largest absolute Gasteiger partial charge is 0.504 e. The Bertz CT molecular complexity index is 887. The Balaban J connectivity index is 2.53.